The van der Waals surface area contributed by atoms with E-state index in [9.17, 15) is 4.79 Å². The van der Waals surface area contributed by atoms with Crippen LogP contribution in [0.4, 0.5) is 0 Å². The number of aromatic nitrogens is 1. The molecule has 0 atom stereocenters. The van der Waals surface area contributed by atoms with Gasteiger partial charge in [0, 0.05) is 12.1 Å². The normalized spacial score (nSPS) is 11.8. The lowest BCUT2D eigenvalue weighted by Gasteiger charge is -2.06. The Morgan fingerprint density at radius 1 is 1.21 bits per heavy atom. The smallest absolute Gasteiger partial charge is 0.279 e. The summed E-state index contributed by atoms with van der Waals surface area (Å²) >= 11 is 1.54. The van der Waals surface area contributed by atoms with Crippen molar-refractivity contribution in [1.82, 2.24) is 4.57 Å². The number of hydrogen-bond donors (Lipinski definition) is 0. The first-order chi connectivity index (χ1) is 14.0. The highest BCUT2D eigenvalue weighted by atomic mass is 32.1. The summed E-state index contributed by atoms with van der Waals surface area (Å²) in [7, 11) is 0. The summed E-state index contributed by atoms with van der Waals surface area (Å²) in [6, 6.07) is 11.5. The number of hydrogen-bond acceptors (Lipinski definition) is 3. The van der Waals surface area contributed by atoms with Crippen molar-refractivity contribution in [3.05, 3.63) is 70.5 Å². The van der Waals surface area contributed by atoms with Crippen LogP contribution in [0.2, 0.25) is 0 Å². The number of benzene rings is 2. The summed E-state index contributed by atoms with van der Waals surface area (Å²) in [4.78, 5) is 17.9. The minimum atomic E-state index is -0.249. The van der Waals surface area contributed by atoms with Crippen LogP contribution in [0.25, 0.3) is 10.2 Å². The van der Waals surface area contributed by atoms with Gasteiger partial charge >= 0.3 is 0 Å². The Kier molecular flexibility index (Phi) is 7.04. The number of carbonyl (C=O) groups excluding carboxylic acids is 1. The van der Waals surface area contributed by atoms with Crippen LogP contribution < -0.4 is 9.54 Å². The van der Waals surface area contributed by atoms with Gasteiger partial charge in [-0.25, -0.2) is 0 Å². The van der Waals surface area contributed by atoms with E-state index in [0.717, 1.165) is 28.8 Å². The van der Waals surface area contributed by atoms with Crippen molar-refractivity contribution in [2.75, 3.05) is 6.61 Å². The zero-order valence-electron chi connectivity index (χ0n) is 17.4. The molecule has 2 aromatic carbocycles. The molecule has 1 amide bonds. The minimum absolute atomic E-state index is 0.249. The van der Waals surface area contributed by atoms with Gasteiger partial charge in [0.15, 0.2) is 4.80 Å². The third kappa shape index (κ3) is 5.04. The molecule has 0 N–H and O–H groups in total. The number of rotatable bonds is 8. The molecule has 0 aliphatic carbocycles. The number of ether oxygens (including phenoxy) is 1. The van der Waals surface area contributed by atoms with Crippen LogP contribution in [0.1, 0.15) is 47.7 Å². The molecule has 0 saturated heterocycles. The highest BCUT2D eigenvalue weighted by molar-refractivity contribution is 7.16. The van der Waals surface area contributed by atoms with E-state index in [1.165, 1.54) is 17.5 Å². The number of aryl methyl sites for hydroxylation is 2. The van der Waals surface area contributed by atoms with Crippen molar-refractivity contribution in [2.24, 2.45) is 4.99 Å². The van der Waals surface area contributed by atoms with Gasteiger partial charge in [0.1, 0.15) is 5.75 Å². The molecule has 29 heavy (non-hydrogen) atoms. The number of nitrogens with zero attached hydrogens (tertiary/aromatic N) is 2. The van der Waals surface area contributed by atoms with E-state index in [1.807, 2.05) is 18.2 Å². The Hall–Kier alpha value is -2.66. The van der Waals surface area contributed by atoms with Crippen LogP contribution >= 0.6 is 11.3 Å². The molecular weight excluding hydrogens is 380 g/mol. The van der Waals surface area contributed by atoms with Crippen molar-refractivity contribution < 1.29 is 9.53 Å². The predicted octanol–water partition coefficient (Wildman–Crippen LogP) is 5.82. The summed E-state index contributed by atoms with van der Waals surface area (Å²) in [5.74, 6) is 0.536. The molecule has 1 heterocycles. The summed E-state index contributed by atoms with van der Waals surface area (Å²) < 4.78 is 8.93. The number of fused-ring (bicyclic) bond motifs is 1. The summed E-state index contributed by atoms with van der Waals surface area (Å²) in [6.45, 7) is 11.5. The monoisotopic (exact) mass is 408 g/mol. The molecule has 0 radical (unpaired) electrons. The molecule has 0 spiro atoms. The quantitative estimate of drug-likeness (QED) is 0.348. The Labute approximate surface area is 176 Å². The SMILES string of the molecule is C=CCn1c(=NC(=O)c2ccc(OCCCCC)cc2)sc2c(C)cc(C)cc21. The van der Waals surface area contributed by atoms with Crippen LogP contribution in [-0.2, 0) is 6.54 Å². The van der Waals surface area contributed by atoms with Gasteiger partial charge in [-0.1, -0.05) is 43.2 Å². The number of carbonyl (C=O) groups is 1. The van der Waals surface area contributed by atoms with Gasteiger partial charge in [0.05, 0.1) is 16.8 Å². The molecular formula is C24H28N2O2S. The van der Waals surface area contributed by atoms with Crippen molar-refractivity contribution in [3.63, 3.8) is 0 Å². The molecule has 0 fully saturated rings. The predicted molar refractivity (Wildman–Crippen MR) is 121 cm³/mol. The second-order valence-electron chi connectivity index (χ2n) is 7.21. The first-order valence-corrected chi connectivity index (χ1v) is 10.9. The van der Waals surface area contributed by atoms with Gasteiger partial charge in [-0.3, -0.25) is 4.79 Å². The lowest BCUT2D eigenvalue weighted by Crippen LogP contribution is -2.16. The second kappa shape index (κ2) is 9.70. The molecule has 5 heteroatoms. The first kappa shape index (κ1) is 21.1. The van der Waals surface area contributed by atoms with Crippen LogP contribution in [0.5, 0.6) is 5.75 Å². The summed E-state index contributed by atoms with van der Waals surface area (Å²) in [6.07, 6.45) is 5.20. The fourth-order valence-corrected chi connectivity index (χ4v) is 4.38. The van der Waals surface area contributed by atoms with Crippen molar-refractivity contribution in [1.29, 1.82) is 0 Å². The number of thiazole rings is 1. The van der Waals surface area contributed by atoms with Gasteiger partial charge < -0.3 is 9.30 Å². The van der Waals surface area contributed by atoms with E-state index in [-0.39, 0.29) is 5.91 Å². The maximum Gasteiger partial charge on any atom is 0.279 e. The third-order valence-corrected chi connectivity index (χ3v) is 5.97. The average Bonchev–Trinajstić information content (AvgIpc) is 3.04. The summed E-state index contributed by atoms with van der Waals surface area (Å²) in [5.41, 5.74) is 4.04. The van der Waals surface area contributed by atoms with Crippen molar-refractivity contribution in [2.45, 2.75) is 46.6 Å². The van der Waals surface area contributed by atoms with Crippen LogP contribution in [0, 0.1) is 13.8 Å². The average molecular weight is 409 g/mol. The lowest BCUT2D eigenvalue weighted by molar-refractivity contribution is 0.0998. The third-order valence-electron chi connectivity index (χ3n) is 4.74. The maximum atomic E-state index is 12.8. The zero-order valence-corrected chi connectivity index (χ0v) is 18.2. The second-order valence-corrected chi connectivity index (χ2v) is 8.19. The molecule has 152 valence electrons. The van der Waals surface area contributed by atoms with Crippen molar-refractivity contribution >= 4 is 27.5 Å². The largest absolute Gasteiger partial charge is 0.494 e. The summed E-state index contributed by atoms with van der Waals surface area (Å²) in [5, 5.41) is 0. The standard InChI is InChI=1S/C24H28N2O2S/c1-5-7-8-14-28-20-11-9-19(10-12-20)23(27)25-24-26(13-6-2)21-16-17(3)15-18(4)22(21)29-24/h6,9-12,15-16H,2,5,7-8,13-14H2,1,3-4H3. The number of allylic oxidation sites excluding steroid dienone is 1. The molecule has 0 aliphatic rings. The van der Waals surface area contributed by atoms with Crippen molar-refractivity contribution in [3.8, 4) is 5.75 Å². The van der Waals surface area contributed by atoms with E-state index < -0.39 is 0 Å². The molecule has 0 unspecified atom stereocenters. The molecule has 3 rings (SSSR count). The Bertz CT molecular complexity index is 1070. The topological polar surface area (TPSA) is 43.6 Å². The van der Waals surface area contributed by atoms with E-state index >= 15 is 0 Å². The first-order valence-electron chi connectivity index (χ1n) is 10.1. The van der Waals surface area contributed by atoms with Crippen LogP contribution in [-0.4, -0.2) is 17.1 Å². The number of amides is 1. The molecule has 0 saturated carbocycles. The van der Waals surface area contributed by atoms with Crippen LogP contribution in [0.15, 0.2) is 54.0 Å². The van der Waals surface area contributed by atoms with Gasteiger partial charge in [-0.2, -0.15) is 4.99 Å². The Balaban J connectivity index is 1.88. The fraction of sp³-hybridized carbons (Fsp3) is 0.333. The van der Waals surface area contributed by atoms with E-state index in [0.29, 0.717) is 23.5 Å². The zero-order chi connectivity index (χ0) is 20.8. The Morgan fingerprint density at radius 3 is 2.66 bits per heavy atom. The molecule has 4 nitrogen and oxygen atoms in total. The maximum absolute atomic E-state index is 12.8. The molecule has 3 aromatic rings. The lowest BCUT2D eigenvalue weighted by atomic mass is 10.1. The highest BCUT2D eigenvalue weighted by Crippen LogP contribution is 2.23. The minimum Gasteiger partial charge on any atom is -0.494 e. The molecule has 0 bridgehead atoms. The Morgan fingerprint density at radius 2 is 1.97 bits per heavy atom. The highest BCUT2D eigenvalue weighted by Gasteiger charge is 2.11. The van der Waals surface area contributed by atoms with Gasteiger partial charge in [-0.15, -0.1) is 6.58 Å². The van der Waals surface area contributed by atoms with E-state index in [2.05, 4.69) is 49.0 Å². The van der Waals surface area contributed by atoms with Gasteiger partial charge in [-0.05, 0) is 61.7 Å². The van der Waals surface area contributed by atoms with Gasteiger partial charge in [0.2, 0.25) is 0 Å². The number of unbranched alkanes of at least 4 members (excludes halogenated alkanes) is 2. The molecule has 1 aromatic heterocycles. The fourth-order valence-electron chi connectivity index (χ4n) is 3.29. The van der Waals surface area contributed by atoms with E-state index in [1.54, 1.807) is 23.5 Å². The molecule has 0 aliphatic heterocycles. The van der Waals surface area contributed by atoms with E-state index in [4.69, 9.17) is 4.74 Å². The van der Waals surface area contributed by atoms with Gasteiger partial charge in [0.25, 0.3) is 5.91 Å². The van der Waals surface area contributed by atoms with Crippen LogP contribution in [0.3, 0.4) is 0 Å².